The summed E-state index contributed by atoms with van der Waals surface area (Å²) in [6, 6.07) is 6.15. The van der Waals surface area contributed by atoms with Gasteiger partial charge in [-0.25, -0.2) is 13.2 Å². The predicted octanol–water partition coefficient (Wildman–Crippen LogP) is 3.22. The lowest BCUT2D eigenvalue weighted by Gasteiger charge is -2.08. The number of sulfone groups is 1. The third-order valence-electron chi connectivity index (χ3n) is 4.80. The van der Waals surface area contributed by atoms with E-state index >= 15 is 0 Å². The molecule has 1 heterocycles. The van der Waals surface area contributed by atoms with E-state index in [0.717, 1.165) is 29.7 Å². The third-order valence-corrected chi connectivity index (χ3v) is 7.82. The maximum absolute atomic E-state index is 12.4. The van der Waals surface area contributed by atoms with Crippen LogP contribution in [0, 0.1) is 0 Å². The number of anilines is 1. The second-order valence-electron chi connectivity index (χ2n) is 6.70. The van der Waals surface area contributed by atoms with Crippen LogP contribution in [-0.4, -0.2) is 40.3 Å². The van der Waals surface area contributed by atoms with Crippen LogP contribution < -0.4 is 10.1 Å². The summed E-state index contributed by atoms with van der Waals surface area (Å²) in [5.74, 6) is -0.341. The van der Waals surface area contributed by atoms with Crippen LogP contribution in [0.4, 0.5) is 5.00 Å². The van der Waals surface area contributed by atoms with E-state index in [1.807, 2.05) is 0 Å². The summed E-state index contributed by atoms with van der Waals surface area (Å²) in [7, 11) is -0.657. The average Bonchev–Trinajstić information content (AvgIpc) is 3.28. The molecule has 7 nitrogen and oxygen atoms in total. The number of amides is 1. The van der Waals surface area contributed by atoms with Crippen molar-refractivity contribution in [1.29, 1.82) is 0 Å². The molecule has 1 aromatic heterocycles. The van der Waals surface area contributed by atoms with Crippen molar-refractivity contribution in [2.24, 2.45) is 0 Å². The number of rotatable bonds is 8. The summed E-state index contributed by atoms with van der Waals surface area (Å²) in [6.07, 6.45) is 2.90. The number of ether oxygens (including phenoxy) is 2. The van der Waals surface area contributed by atoms with Gasteiger partial charge in [0.25, 0.3) is 0 Å². The zero-order valence-corrected chi connectivity index (χ0v) is 18.0. The number of carbonyl (C=O) groups excluding carboxylic acids is 2. The van der Waals surface area contributed by atoms with Crippen LogP contribution in [-0.2, 0) is 32.2 Å². The van der Waals surface area contributed by atoms with E-state index < -0.39 is 15.8 Å². The molecule has 0 aliphatic heterocycles. The SMILES string of the molecule is COC(=O)c1c(NC(=O)CCCS(=O)(=O)c2ccc(OC)cc2)sc2c1CCC2. The Balaban J connectivity index is 1.60. The molecular weight excluding hydrogens is 414 g/mol. The average molecular weight is 438 g/mol. The second-order valence-corrected chi connectivity index (χ2v) is 9.91. The normalized spacial score (nSPS) is 13.0. The summed E-state index contributed by atoms with van der Waals surface area (Å²) in [5.41, 5.74) is 1.39. The van der Waals surface area contributed by atoms with Gasteiger partial charge in [0, 0.05) is 11.3 Å². The summed E-state index contributed by atoms with van der Waals surface area (Å²) >= 11 is 1.40. The molecular formula is C20H23NO6S2. The molecule has 1 aliphatic rings. The highest BCUT2D eigenvalue weighted by Gasteiger charge is 2.28. The van der Waals surface area contributed by atoms with Crippen molar-refractivity contribution in [3.63, 3.8) is 0 Å². The Morgan fingerprint density at radius 3 is 2.52 bits per heavy atom. The van der Waals surface area contributed by atoms with Crippen molar-refractivity contribution in [2.75, 3.05) is 25.3 Å². The van der Waals surface area contributed by atoms with E-state index in [4.69, 9.17) is 9.47 Å². The fourth-order valence-electron chi connectivity index (χ4n) is 3.32. The Kier molecular flexibility index (Phi) is 6.59. The van der Waals surface area contributed by atoms with Crippen molar-refractivity contribution >= 4 is 38.1 Å². The van der Waals surface area contributed by atoms with Crippen LogP contribution in [0.5, 0.6) is 5.75 Å². The molecule has 9 heteroatoms. The molecule has 1 amide bonds. The third kappa shape index (κ3) is 4.79. The van der Waals surface area contributed by atoms with Crippen LogP contribution in [0.1, 0.15) is 40.1 Å². The standard InChI is InChI=1S/C20H23NO6S2/c1-26-13-8-10-14(11-9-13)29(24,25)12-4-7-17(22)21-19-18(20(23)27-2)15-5-3-6-16(15)28-19/h8-11H,3-7,12H2,1-2H3,(H,21,22). The molecule has 0 unspecified atom stereocenters. The number of esters is 1. The molecule has 0 bridgehead atoms. The van der Waals surface area contributed by atoms with Gasteiger partial charge in [-0.3, -0.25) is 4.79 Å². The molecule has 0 saturated carbocycles. The number of aryl methyl sites for hydroxylation is 1. The molecule has 1 N–H and O–H groups in total. The van der Waals surface area contributed by atoms with E-state index in [0.29, 0.717) is 16.3 Å². The Morgan fingerprint density at radius 1 is 1.14 bits per heavy atom. The number of benzene rings is 1. The van der Waals surface area contributed by atoms with Gasteiger partial charge in [-0.1, -0.05) is 0 Å². The Bertz CT molecular complexity index is 1010. The number of hydrogen-bond acceptors (Lipinski definition) is 7. The van der Waals surface area contributed by atoms with Gasteiger partial charge in [-0.05, 0) is 55.5 Å². The fourth-order valence-corrected chi connectivity index (χ4v) is 5.93. The van der Waals surface area contributed by atoms with Gasteiger partial charge in [0.2, 0.25) is 5.91 Å². The number of nitrogens with one attached hydrogen (secondary N) is 1. The van der Waals surface area contributed by atoms with Crippen molar-refractivity contribution in [3.05, 3.63) is 40.3 Å². The van der Waals surface area contributed by atoms with E-state index in [1.165, 1.54) is 37.7 Å². The molecule has 0 atom stereocenters. The number of thiophene rings is 1. The van der Waals surface area contributed by atoms with E-state index in [9.17, 15) is 18.0 Å². The largest absolute Gasteiger partial charge is 0.497 e. The monoisotopic (exact) mass is 437 g/mol. The van der Waals surface area contributed by atoms with E-state index in [-0.39, 0.29) is 29.4 Å². The van der Waals surface area contributed by atoms with Crippen molar-refractivity contribution < 1.29 is 27.5 Å². The van der Waals surface area contributed by atoms with Crippen LogP contribution in [0.2, 0.25) is 0 Å². The number of carbonyl (C=O) groups is 2. The zero-order chi connectivity index (χ0) is 21.0. The molecule has 1 aromatic carbocycles. The lowest BCUT2D eigenvalue weighted by atomic mass is 10.1. The van der Waals surface area contributed by atoms with Crippen molar-refractivity contribution in [1.82, 2.24) is 0 Å². The Labute approximate surface area is 173 Å². The maximum Gasteiger partial charge on any atom is 0.341 e. The first-order valence-electron chi connectivity index (χ1n) is 9.25. The fraction of sp³-hybridized carbons (Fsp3) is 0.400. The van der Waals surface area contributed by atoms with Crippen molar-refractivity contribution in [2.45, 2.75) is 37.0 Å². The van der Waals surface area contributed by atoms with Gasteiger partial charge in [-0.2, -0.15) is 0 Å². The minimum atomic E-state index is -3.48. The van der Waals surface area contributed by atoms with Gasteiger partial charge in [0.1, 0.15) is 10.8 Å². The molecule has 2 aromatic rings. The molecule has 1 aliphatic carbocycles. The first-order chi connectivity index (χ1) is 13.9. The zero-order valence-electron chi connectivity index (χ0n) is 16.3. The quantitative estimate of drug-likeness (QED) is 0.637. The second kappa shape index (κ2) is 8.96. The molecule has 0 radical (unpaired) electrons. The lowest BCUT2D eigenvalue weighted by molar-refractivity contribution is -0.116. The first kappa shape index (κ1) is 21.3. The minimum Gasteiger partial charge on any atom is -0.497 e. The summed E-state index contributed by atoms with van der Waals surface area (Å²) in [5, 5.41) is 3.25. The van der Waals surface area contributed by atoms with E-state index in [2.05, 4.69) is 5.32 Å². The van der Waals surface area contributed by atoms with Gasteiger partial charge in [0.15, 0.2) is 9.84 Å². The van der Waals surface area contributed by atoms with Gasteiger partial charge in [-0.15, -0.1) is 11.3 Å². The van der Waals surface area contributed by atoms with Crippen LogP contribution in [0.15, 0.2) is 29.2 Å². The molecule has 3 rings (SSSR count). The first-order valence-corrected chi connectivity index (χ1v) is 11.7. The molecule has 0 spiro atoms. The summed E-state index contributed by atoms with van der Waals surface area (Å²) < 4.78 is 34.7. The maximum atomic E-state index is 12.4. The van der Waals surface area contributed by atoms with Crippen LogP contribution >= 0.6 is 11.3 Å². The smallest absolute Gasteiger partial charge is 0.341 e. The number of fused-ring (bicyclic) bond motifs is 1. The molecule has 0 fully saturated rings. The van der Waals surface area contributed by atoms with Crippen LogP contribution in [0.3, 0.4) is 0 Å². The molecule has 29 heavy (non-hydrogen) atoms. The topological polar surface area (TPSA) is 98.8 Å². The minimum absolute atomic E-state index is 0.0402. The number of methoxy groups -OCH3 is 2. The highest BCUT2D eigenvalue weighted by Crippen LogP contribution is 2.39. The molecule has 156 valence electrons. The summed E-state index contributed by atoms with van der Waals surface area (Å²) in [4.78, 5) is 25.8. The Hall–Kier alpha value is -2.39. The summed E-state index contributed by atoms with van der Waals surface area (Å²) in [6.45, 7) is 0. The van der Waals surface area contributed by atoms with Crippen LogP contribution in [0.25, 0.3) is 0 Å². The predicted molar refractivity (Wildman–Crippen MR) is 111 cm³/mol. The van der Waals surface area contributed by atoms with Gasteiger partial charge < -0.3 is 14.8 Å². The molecule has 0 saturated heterocycles. The van der Waals surface area contributed by atoms with Gasteiger partial charge in [0.05, 0.1) is 30.4 Å². The highest BCUT2D eigenvalue weighted by atomic mass is 32.2. The van der Waals surface area contributed by atoms with Gasteiger partial charge >= 0.3 is 5.97 Å². The lowest BCUT2D eigenvalue weighted by Crippen LogP contribution is -2.16. The van der Waals surface area contributed by atoms with E-state index in [1.54, 1.807) is 12.1 Å². The number of hydrogen-bond donors (Lipinski definition) is 1. The van der Waals surface area contributed by atoms with Crippen molar-refractivity contribution in [3.8, 4) is 5.75 Å². The highest BCUT2D eigenvalue weighted by molar-refractivity contribution is 7.91. The Morgan fingerprint density at radius 2 is 1.86 bits per heavy atom.